The van der Waals surface area contributed by atoms with Crippen LogP contribution in [0.1, 0.15) is 30.5 Å². The number of hydrogen-bond acceptors (Lipinski definition) is 6. The Labute approximate surface area is 201 Å². The molecule has 3 aromatic rings. The fourth-order valence-electron chi connectivity index (χ4n) is 5.50. The first-order chi connectivity index (χ1) is 17.2. The monoisotopic (exact) mass is 506 g/mol. The minimum Gasteiger partial charge on any atom is -0.473 e. The van der Waals surface area contributed by atoms with Crippen LogP contribution in [0.5, 0.6) is 17.4 Å². The topological polar surface area (TPSA) is 69.5 Å². The molecule has 2 aromatic heterocycles. The minimum absolute atomic E-state index is 0.0484. The Morgan fingerprint density at radius 1 is 1.08 bits per heavy atom. The smallest absolute Gasteiger partial charge is 0.433 e. The SMILES string of the molecule is O=c1nc(OCc2cc(F)c(Oc3ccnc(C(F)(F)F)c3)c(F)c2)cc2n1C[C@H]1C3CCC(C3)N21. The highest BCUT2D eigenvalue weighted by Crippen LogP contribution is 2.48. The average Bonchev–Trinajstić information content (AvgIpc) is 3.53. The Hall–Kier alpha value is -3.70. The Kier molecular flexibility index (Phi) is 5.16. The molecular weight excluding hydrogens is 487 g/mol. The summed E-state index contributed by atoms with van der Waals surface area (Å²) >= 11 is 0. The standard InChI is InChI=1S/C24H19F5N4O3/c25-16-5-12(6-17(26)22(16)36-15-3-4-30-19(8-15)24(27,28)29)11-35-20-9-21-32(23(34)31-20)10-18-13-1-2-14(7-13)33(18)21/h3-6,8-9,13-14,18H,1-2,7,10-11H2/t13?,14?,18-/m0/s1. The molecule has 0 spiro atoms. The van der Waals surface area contributed by atoms with Crippen LogP contribution < -0.4 is 20.1 Å². The molecule has 12 heteroatoms. The molecule has 0 radical (unpaired) electrons. The van der Waals surface area contributed by atoms with Gasteiger partial charge in [-0.05, 0) is 48.9 Å². The van der Waals surface area contributed by atoms with Gasteiger partial charge in [-0.25, -0.2) is 13.6 Å². The zero-order chi connectivity index (χ0) is 25.2. The Balaban J connectivity index is 1.19. The van der Waals surface area contributed by atoms with Crippen LogP contribution in [0.3, 0.4) is 0 Å². The van der Waals surface area contributed by atoms with Crippen molar-refractivity contribution in [2.75, 3.05) is 4.90 Å². The van der Waals surface area contributed by atoms with Crippen LogP contribution in [0, 0.1) is 17.6 Å². The van der Waals surface area contributed by atoms with Crippen LogP contribution in [-0.4, -0.2) is 26.6 Å². The van der Waals surface area contributed by atoms with Crippen molar-refractivity contribution in [1.29, 1.82) is 0 Å². The number of pyridine rings is 1. The lowest BCUT2D eigenvalue weighted by Crippen LogP contribution is -2.37. The number of aromatic nitrogens is 3. The van der Waals surface area contributed by atoms with Gasteiger partial charge in [0.25, 0.3) is 0 Å². The summed E-state index contributed by atoms with van der Waals surface area (Å²) in [6.45, 7) is 0.315. The summed E-state index contributed by atoms with van der Waals surface area (Å²) in [4.78, 5) is 21.9. The van der Waals surface area contributed by atoms with Crippen molar-refractivity contribution in [3.63, 3.8) is 0 Å². The van der Waals surface area contributed by atoms with E-state index in [0.717, 1.165) is 49.5 Å². The molecular formula is C24H19F5N4O3. The van der Waals surface area contributed by atoms with E-state index < -0.39 is 40.7 Å². The molecule has 1 aliphatic carbocycles. The largest absolute Gasteiger partial charge is 0.473 e. The fourth-order valence-corrected chi connectivity index (χ4v) is 5.50. The first kappa shape index (κ1) is 22.7. The van der Waals surface area contributed by atoms with Crippen molar-refractivity contribution in [3.05, 3.63) is 69.9 Å². The van der Waals surface area contributed by atoms with Gasteiger partial charge in [-0.15, -0.1) is 0 Å². The van der Waals surface area contributed by atoms with Crippen LogP contribution in [-0.2, 0) is 19.3 Å². The van der Waals surface area contributed by atoms with E-state index in [-0.39, 0.29) is 24.1 Å². The highest BCUT2D eigenvalue weighted by Gasteiger charge is 2.50. The molecule has 2 fully saturated rings. The van der Waals surface area contributed by atoms with E-state index in [0.29, 0.717) is 24.6 Å². The number of hydrogen-bond donors (Lipinski definition) is 0. The van der Waals surface area contributed by atoms with E-state index in [1.807, 2.05) is 0 Å². The van der Waals surface area contributed by atoms with Gasteiger partial charge in [-0.2, -0.15) is 18.2 Å². The second-order valence-corrected chi connectivity index (χ2v) is 9.20. The van der Waals surface area contributed by atoms with E-state index >= 15 is 0 Å². The molecule has 7 nitrogen and oxygen atoms in total. The Morgan fingerprint density at radius 3 is 2.61 bits per heavy atom. The predicted molar refractivity (Wildman–Crippen MR) is 116 cm³/mol. The molecule has 188 valence electrons. The lowest BCUT2D eigenvalue weighted by atomic mass is 10.00. The van der Waals surface area contributed by atoms with E-state index in [2.05, 4.69) is 14.9 Å². The molecule has 6 rings (SSSR count). The van der Waals surface area contributed by atoms with E-state index in [9.17, 15) is 26.7 Å². The van der Waals surface area contributed by atoms with Gasteiger partial charge >= 0.3 is 11.9 Å². The van der Waals surface area contributed by atoms with Gasteiger partial charge in [0.2, 0.25) is 5.88 Å². The van der Waals surface area contributed by atoms with Gasteiger partial charge in [-0.3, -0.25) is 9.55 Å². The molecule has 4 heterocycles. The molecule has 3 aliphatic rings. The second-order valence-electron chi connectivity index (χ2n) is 9.20. The molecule has 0 N–H and O–H groups in total. The van der Waals surface area contributed by atoms with Gasteiger partial charge in [0.1, 0.15) is 23.9 Å². The molecule has 1 aromatic carbocycles. The zero-order valence-corrected chi connectivity index (χ0v) is 18.6. The third kappa shape index (κ3) is 3.84. The van der Waals surface area contributed by atoms with Crippen molar-refractivity contribution in [2.24, 2.45) is 5.92 Å². The predicted octanol–water partition coefficient (Wildman–Crippen LogP) is 4.68. The Morgan fingerprint density at radius 2 is 1.86 bits per heavy atom. The lowest BCUT2D eigenvalue weighted by molar-refractivity contribution is -0.141. The van der Waals surface area contributed by atoms with Crippen molar-refractivity contribution < 1.29 is 31.4 Å². The number of rotatable bonds is 5. The van der Waals surface area contributed by atoms with Crippen molar-refractivity contribution >= 4 is 5.82 Å². The van der Waals surface area contributed by atoms with E-state index in [4.69, 9.17) is 9.47 Å². The van der Waals surface area contributed by atoms with Gasteiger partial charge < -0.3 is 14.4 Å². The van der Waals surface area contributed by atoms with Crippen LogP contribution in [0.15, 0.2) is 41.3 Å². The summed E-state index contributed by atoms with van der Waals surface area (Å²) in [6.07, 6.45) is -0.551. The molecule has 1 saturated carbocycles. The normalized spacial score (nSPS) is 22.0. The number of piperidine rings is 1. The second kappa shape index (κ2) is 8.17. The number of anilines is 1. The lowest BCUT2D eigenvalue weighted by Gasteiger charge is -2.30. The number of ether oxygens (including phenoxy) is 2. The first-order valence-corrected chi connectivity index (χ1v) is 11.4. The molecule has 0 amide bonds. The number of nitrogens with zero attached hydrogens (tertiary/aromatic N) is 4. The number of halogens is 5. The van der Waals surface area contributed by atoms with Crippen molar-refractivity contribution in [3.8, 4) is 17.4 Å². The summed E-state index contributed by atoms with van der Waals surface area (Å²) in [5, 5.41) is 0. The highest BCUT2D eigenvalue weighted by molar-refractivity contribution is 5.51. The third-order valence-electron chi connectivity index (χ3n) is 7.03. The molecule has 36 heavy (non-hydrogen) atoms. The number of alkyl halides is 3. The zero-order valence-electron chi connectivity index (χ0n) is 18.6. The van der Waals surface area contributed by atoms with Crippen molar-refractivity contribution in [2.45, 2.75) is 50.7 Å². The summed E-state index contributed by atoms with van der Waals surface area (Å²) in [5.74, 6) is -2.17. The number of fused-ring (bicyclic) bond motifs is 7. The quantitative estimate of drug-likeness (QED) is 0.469. The van der Waals surface area contributed by atoms with Gasteiger partial charge in [0.05, 0.1) is 6.04 Å². The average molecular weight is 506 g/mol. The van der Waals surface area contributed by atoms with Crippen LogP contribution in [0.2, 0.25) is 0 Å². The van der Waals surface area contributed by atoms with Crippen LogP contribution in [0.4, 0.5) is 27.8 Å². The molecule has 3 atom stereocenters. The van der Waals surface area contributed by atoms with Gasteiger partial charge in [-0.1, -0.05) is 0 Å². The maximum Gasteiger partial charge on any atom is 0.433 e. The summed E-state index contributed by atoms with van der Waals surface area (Å²) in [5.41, 5.74) is -1.60. The van der Waals surface area contributed by atoms with E-state index in [1.165, 1.54) is 0 Å². The highest BCUT2D eigenvalue weighted by atomic mass is 19.4. The van der Waals surface area contributed by atoms with Crippen LogP contribution in [0.25, 0.3) is 0 Å². The molecule has 2 bridgehead atoms. The molecule has 2 aliphatic heterocycles. The molecule has 1 saturated heterocycles. The summed E-state index contributed by atoms with van der Waals surface area (Å²) in [7, 11) is 0. The maximum atomic E-state index is 14.6. The third-order valence-corrected chi connectivity index (χ3v) is 7.03. The number of benzene rings is 1. The Bertz CT molecular complexity index is 1390. The molecule has 2 unspecified atom stereocenters. The summed E-state index contributed by atoms with van der Waals surface area (Å²) < 4.78 is 80.0. The van der Waals surface area contributed by atoms with Gasteiger partial charge in [0, 0.05) is 30.9 Å². The minimum atomic E-state index is -4.74. The van der Waals surface area contributed by atoms with Crippen LogP contribution >= 0.6 is 0 Å². The van der Waals surface area contributed by atoms with Crippen molar-refractivity contribution in [1.82, 2.24) is 14.5 Å². The maximum absolute atomic E-state index is 14.6. The first-order valence-electron chi connectivity index (χ1n) is 11.4. The van der Waals surface area contributed by atoms with Gasteiger partial charge in [0.15, 0.2) is 17.4 Å². The van der Waals surface area contributed by atoms with E-state index in [1.54, 1.807) is 10.6 Å². The summed E-state index contributed by atoms with van der Waals surface area (Å²) in [6, 6.07) is 5.85. The fraction of sp³-hybridized carbons (Fsp3) is 0.375.